The summed E-state index contributed by atoms with van der Waals surface area (Å²) >= 11 is 1.19. The third-order valence-electron chi connectivity index (χ3n) is 4.19. The largest absolute Gasteiger partial charge is 0.468 e. The summed E-state index contributed by atoms with van der Waals surface area (Å²) in [5.41, 5.74) is 1.36. The fraction of sp³-hybridized carbons (Fsp3) is 0.316. The first kappa shape index (κ1) is 20.5. The molecule has 0 saturated heterocycles. The lowest BCUT2D eigenvalue weighted by Gasteiger charge is -2.08. The zero-order valence-electron chi connectivity index (χ0n) is 16.4. The quantitative estimate of drug-likeness (QED) is 0.591. The van der Waals surface area contributed by atoms with Crippen LogP contribution in [0.1, 0.15) is 40.7 Å². The molecule has 3 rings (SSSR count). The Kier molecular flexibility index (Phi) is 5.92. The Morgan fingerprint density at radius 2 is 1.93 bits per heavy atom. The summed E-state index contributed by atoms with van der Waals surface area (Å²) in [7, 11) is 2.59. The molecule has 152 valence electrons. The van der Waals surface area contributed by atoms with Crippen LogP contribution in [0.3, 0.4) is 0 Å². The Bertz CT molecular complexity index is 1160. The lowest BCUT2D eigenvalue weighted by molar-refractivity contribution is -0.141. The maximum absolute atomic E-state index is 12.8. The molecule has 0 unspecified atom stereocenters. The van der Waals surface area contributed by atoms with Crippen LogP contribution in [0.4, 0.5) is 0 Å². The van der Waals surface area contributed by atoms with Crippen LogP contribution >= 0.6 is 11.3 Å². The second kappa shape index (κ2) is 8.39. The maximum atomic E-state index is 12.8. The van der Waals surface area contributed by atoms with Crippen molar-refractivity contribution in [1.29, 1.82) is 0 Å². The number of hydrogen-bond acceptors (Lipinski definition) is 7. The first-order valence-corrected chi connectivity index (χ1v) is 9.58. The molecule has 29 heavy (non-hydrogen) atoms. The number of hydrogen-bond donors (Lipinski definition) is 0. The number of fused-ring (bicyclic) bond motifs is 1. The molecule has 1 aromatic carbocycles. The van der Waals surface area contributed by atoms with Gasteiger partial charge in [0.25, 0.3) is 5.91 Å². The Morgan fingerprint density at radius 3 is 2.59 bits per heavy atom. The molecule has 0 bridgehead atoms. The van der Waals surface area contributed by atoms with E-state index in [1.54, 1.807) is 39.7 Å². The molecule has 0 spiro atoms. The summed E-state index contributed by atoms with van der Waals surface area (Å²) in [5.74, 6) is -1.44. The molecule has 3 aromatic rings. The van der Waals surface area contributed by atoms with Crippen molar-refractivity contribution in [3.05, 3.63) is 46.5 Å². The molecule has 0 aliphatic carbocycles. The van der Waals surface area contributed by atoms with E-state index in [4.69, 9.17) is 9.47 Å². The molecule has 0 N–H and O–H groups in total. The van der Waals surface area contributed by atoms with E-state index in [0.717, 1.165) is 0 Å². The first-order valence-electron chi connectivity index (χ1n) is 8.76. The van der Waals surface area contributed by atoms with Gasteiger partial charge in [-0.25, -0.2) is 4.79 Å². The number of nitrogens with zero attached hydrogens (tertiary/aromatic N) is 4. The van der Waals surface area contributed by atoms with Crippen molar-refractivity contribution in [2.45, 2.75) is 26.4 Å². The van der Waals surface area contributed by atoms with E-state index in [0.29, 0.717) is 26.3 Å². The molecule has 0 aliphatic rings. The molecule has 0 atom stereocenters. The molecule has 2 heterocycles. The average Bonchev–Trinajstić information content (AvgIpc) is 3.32. The van der Waals surface area contributed by atoms with Crippen LogP contribution in [-0.2, 0) is 20.8 Å². The Morgan fingerprint density at radius 1 is 1.17 bits per heavy atom. The highest BCUT2D eigenvalue weighted by Gasteiger charge is 2.17. The monoisotopic (exact) mass is 416 g/mol. The third-order valence-corrected chi connectivity index (χ3v) is 5.24. The molecular weight excluding hydrogens is 396 g/mol. The van der Waals surface area contributed by atoms with E-state index in [9.17, 15) is 14.4 Å². The molecule has 1 amide bonds. The highest BCUT2D eigenvalue weighted by molar-refractivity contribution is 7.16. The number of esters is 2. The SMILES string of the molecule is COC(=O)Cn1c(=NC(=O)c2ccnn2C(C)C)sc2cc(C(=O)OC)ccc21. The van der Waals surface area contributed by atoms with Crippen molar-refractivity contribution in [3.63, 3.8) is 0 Å². The van der Waals surface area contributed by atoms with Gasteiger partial charge in [-0.2, -0.15) is 10.1 Å². The van der Waals surface area contributed by atoms with Crippen molar-refractivity contribution in [2.24, 2.45) is 4.99 Å². The van der Waals surface area contributed by atoms with Gasteiger partial charge < -0.3 is 14.0 Å². The fourth-order valence-corrected chi connectivity index (χ4v) is 3.86. The van der Waals surface area contributed by atoms with Gasteiger partial charge in [-0.1, -0.05) is 11.3 Å². The lowest BCUT2D eigenvalue weighted by atomic mass is 10.2. The second-order valence-electron chi connectivity index (χ2n) is 6.39. The highest BCUT2D eigenvalue weighted by atomic mass is 32.1. The minimum absolute atomic E-state index is 0.00800. The topological polar surface area (TPSA) is 105 Å². The summed E-state index contributed by atoms with van der Waals surface area (Å²) in [5, 5.41) is 4.15. The number of rotatable bonds is 5. The zero-order valence-corrected chi connectivity index (χ0v) is 17.2. The molecular formula is C19H20N4O5S. The first-order chi connectivity index (χ1) is 13.8. The number of carbonyl (C=O) groups excluding carboxylic acids is 3. The molecule has 10 heteroatoms. The van der Waals surface area contributed by atoms with Gasteiger partial charge in [-0.05, 0) is 38.1 Å². The minimum atomic E-state index is -0.483. The summed E-state index contributed by atoms with van der Waals surface area (Å²) in [6, 6.07) is 6.50. The number of carbonyl (C=O) groups is 3. The summed E-state index contributed by atoms with van der Waals surface area (Å²) in [4.78, 5) is 41.0. The molecule has 0 radical (unpaired) electrons. The number of amides is 1. The van der Waals surface area contributed by atoms with Gasteiger partial charge in [0.1, 0.15) is 12.2 Å². The fourth-order valence-electron chi connectivity index (χ4n) is 2.79. The normalized spacial score (nSPS) is 11.8. The molecule has 2 aromatic heterocycles. The van der Waals surface area contributed by atoms with Crippen LogP contribution in [0.2, 0.25) is 0 Å². The predicted molar refractivity (Wildman–Crippen MR) is 106 cm³/mol. The van der Waals surface area contributed by atoms with Gasteiger partial charge >= 0.3 is 11.9 Å². The van der Waals surface area contributed by atoms with Gasteiger partial charge in [-0.15, -0.1) is 0 Å². The molecule has 9 nitrogen and oxygen atoms in total. The van der Waals surface area contributed by atoms with Crippen molar-refractivity contribution < 1.29 is 23.9 Å². The van der Waals surface area contributed by atoms with Gasteiger partial charge in [0.2, 0.25) is 0 Å². The summed E-state index contributed by atoms with van der Waals surface area (Å²) in [6.45, 7) is 3.70. The highest BCUT2D eigenvalue weighted by Crippen LogP contribution is 2.20. The minimum Gasteiger partial charge on any atom is -0.468 e. The van der Waals surface area contributed by atoms with Gasteiger partial charge in [0.05, 0.1) is 30.0 Å². The van der Waals surface area contributed by atoms with E-state index >= 15 is 0 Å². The number of methoxy groups -OCH3 is 2. The van der Waals surface area contributed by atoms with Crippen LogP contribution in [-0.4, -0.2) is 46.4 Å². The van der Waals surface area contributed by atoms with Crippen LogP contribution in [0.15, 0.2) is 35.5 Å². The predicted octanol–water partition coefficient (Wildman–Crippen LogP) is 2.18. The zero-order chi connectivity index (χ0) is 21.1. The smallest absolute Gasteiger partial charge is 0.337 e. The van der Waals surface area contributed by atoms with Gasteiger partial charge in [0.15, 0.2) is 4.80 Å². The van der Waals surface area contributed by atoms with E-state index in [2.05, 4.69) is 10.1 Å². The van der Waals surface area contributed by atoms with Crippen molar-refractivity contribution in [1.82, 2.24) is 14.3 Å². The van der Waals surface area contributed by atoms with Crippen molar-refractivity contribution in [2.75, 3.05) is 14.2 Å². The Balaban J connectivity index is 2.16. The van der Waals surface area contributed by atoms with Gasteiger partial charge in [-0.3, -0.25) is 14.3 Å². The van der Waals surface area contributed by atoms with E-state index < -0.39 is 17.8 Å². The van der Waals surface area contributed by atoms with Crippen LogP contribution in [0, 0.1) is 0 Å². The summed E-state index contributed by atoms with van der Waals surface area (Å²) < 4.78 is 13.4. The van der Waals surface area contributed by atoms with Crippen LogP contribution in [0.5, 0.6) is 0 Å². The summed E-state index contributed by atoms with van der Waals surface area (Å²) in [6.07, 6.45) is 1.54. The van der Waals surface area contributed by atoms with E-state index in [1.165, 1.54) is 25.6 Å². The van der Waals surface area contributed by atoms with E-state index in [-0.39, 0.29) is 12.6 Å². The third kappa shape index (κ3) is 4.11. The van der Waals surface area contributed by atoms with Crippen molar-refractivity contribution >= 4 is 39.4 Å². The van der Waals surface area contributed by atoms with Crippen molar-refractivity contribution in [3.8, 4) is 0 Å². The molecule has 0 saturated carbocycles. The maximum Gasteiger partial charge on any atom is 0.337 e. The number of benzene rings is 1. The number of thiazole rings is 1. The number of aromatic nitrogens is 3. The molecule has 0 aliphatic heterocycles. The molecule has 0 fully saturated rings. The Labute approximate surface area is 170 Å². The Hall–Kier alpha value is -3.27. The average molecular weight is 416 g/mol. The standard InChI is InChI=1S/C19H20N4O5S/c1-11(2)23-14(7-8-20-23)17(25)21-19-22(10-16(24)27-3)13-6-5-12(18(26)28-4)9-15(13)29-19/h5-9,11H,10H2,1-4H3. The van der Waals surface area contributed by atoms with Gasteiger partial charge in [0, 0.05) is 12.2 Å². The second-order valence-corrected chi connectivity index (χ2v) is 7.40. The van der Waals surface area contributed by atoms with Crippen LogP contribution in [0.25, 0.3) is 10.2 Å². The van der Waals surface area contributed by atoms with Crippen LogP contribution < -0.4 is 4.80 Å². The number of ether oxygens (including phenoxy) is 2. The lowest BCUT2D eigenvalue weighted by Crippen LogP contribution is -2.23. The van der Waals surface area contributed by atoms with E-state index in [1.807, 2.05) is 13.8 Å².